The molecule has 0 saturated heterocycles. The number of ether oxygens (including phenoxy) is 1. The van der Waals surface area contributed by atoms with Gasteiger partial charge in [-0.15, -0.1) is 0 Å². The zero-order chi connectivity index (χ0) is 16.4. The zero-order valence-electron chi connectivity index (χ0n) is 12.4. The Labute approximate surface area is 130 Å². The van der Waals surface area contributed by atoms with Crippen molar-refractivity contribution in [2.24, 2.45) is 5.92 Å². The molecule has 1 rings (SSSR count). The van der Waals surface area contributed by atoms with Gasteiger partial charge in [-0.2, -0.15) is 8.42 Å². The second kappa shape index (κ2) is 6.55. The Hall–Kier alpha value is -1.44. The molecule has 0 bridgehead atoms. The minimum Gasteiger partial charge on any atom is -0.495 e. The summed E-state index contributed by atoms with van der Waals surface area (Å²) in [5, 5.41) is 3.03. The molecule has 0 aromatic heterocycles. The summed E-state index contributed by atoms with van der Waals surface area (Å²) in [6.45, 7) is 9.23. The van der Waals surface area contributed by atoms with E-state index in [1.54, 1.807) is 13.0 Å². The molecule has 0 aliphatic carbocycles. The third-order valence-electron chi connectivity index (χ3n) is 3.17. The number of rotatable bonds is 5. The second-order valence-electron chi connectivity index (χ2n) is 4.85. The summed E-state index contributed by atoms with van der Waals surface area (Å²) in [6, 6.07) is 2.83. The van der Waals surface area contributed by atoms with Crippen molar-refractivity contribution < 1.29 is 17.7 Å². The fraction of sp³-hybridized carbons (Fsp3) is 0.357. The highest BCUT2D eigenvalue weighted by atomic mass is 32.2. The van der Waals surface area contributed by atoms with Gasteiger partial charge in [-0.1, -0.05) is 31.3 Å². The van der Waals surface area contributed by atoms with E-state index in [4.69, 9.17) is 17.0 Å². The number of aryl methyl sites for hydroxylation is 1. The summed E-state index contributed by atoms with van der Waals surface area (Å²) in [6.07, 6.45) is 0. The first-order valence-corrected chi connectivity index (χ1v) is 8.05. The maximum absolute atomic E-state index is 11.3. The van der Waals surface area contributed by atoms with Gasteiger partial charge in [0.25, 0.3) is 10.1 Å². The summed E-state index contributed by atoms with van der Waals surface area (Å²) in [5.74, 6) is 0.260. The van der Waals surface area contributed by atoms with Crippen molar-refractivity contribution in [1.82, 2.24) is 0 Å². The Morgan fingerprint density at radius 2 is 2.05 bits per heavy atom. The lowest BCUT2D eigenvalue weighted by atomic mass is 10.0. The number of methoxy groups -OCH3 is 1. The van der Waals surface area contributed by atoms with Crippen LogP contribution in [0.4, 0.5) is 5.69 Å². The molecule has 0 aliphatic heterocycles. The average Bonchev–Trinajstić information content (AvgIpc) is 2.36. The number of benzene rings is 1. The molecule has 1 aromatic carbocycles. The fourth-order valence-corrected chi connectivity index (χ4v) is 2.71. The Bertz CT molecular complexity index is 680. The van der Waals surface area contributed by atoms with Gasteiger partial charge in [-0.25, -0.2) is 0 Å². The predicted molar refractivity (Wildman–Crippen MR) is 87.7 cm³/mol. The van der Waals surface area contributed by atoms with Gasteiger partial charge in [0, 0.05) is 12.0 Å². The summed E-state index contributed by atoms with van der Waals surface area (Å²) in [7, 11) is -2.88. The lowest BCUT2D eigenvalue weighted by Gasteiger charge is -2.18. The molecule has 1 unspecified atom stereocenters. The number of thiocarbonyl (C=S) groups is 1. The minimum absolute atomic E-state index is 0.0220. The largest absolute Gasteiger partial charge is 0.495 e. The van der Waals surface area contributed by atoms with Crippen molar-refractivity contribution in [2.45, 2.75) is 25.7 Å². The minimum atomic E-state index is -4.30. The average molecular weight is 329 g/mol. The highest BCUT2D eigenvalue weighted by molar-refractivity contribution is 7.85. The van der Waals surface area contributed by atoms with Gasteiger partial charge in [0.1, 0.15) is 10.6 Å². The Balaban J connectivity index is 3.24. The zero-order valence-corrected chi connectivity index (χ0v) is 14.1. The van der Waals surface area contributed by atoms with Crippen LogP contribution in [0.25, 0.3) is 0 Å². The molecule has 21 heavy (non-hydrogen) atoms. The van der Waals surface area contributed by atoms with E-state index in [9.17, 15) is 13.0 Å². The van der Waals surface area contributed by atoms with Crippen LogP contribution < -0.4 is 10.1 Å². The molecule has 116 valence electrons. The van der Waals surface area contributed by atoms with Crippen LogP contribution >= 0.6 is 12.2 Å². The summed E-state index contributed by atoms with van der Waals surface area (Å²) in [5.41, 5.74) is 1.85. The van der Waals surface area contributed by atoms with Crippen LogP contribution in [0.1, 0.15) is 19.4 Å². The first-order chi connectivity index (χ1) is 9.57. The van der Waals surface area contributed by atoms with Crippen molar-refractivity contribution in [3.63, 3.8) is 0 Å². The second-order valence-corrected chi connectivity index (χ2v) is 6.68. The van der Waals surface area contributed by atoms with Gasteiger partial charge in [0.15, 0.2) is 0 Å². The lowest BCUT2D eigenvalue weighted by molar-refractivity contribution is 0.414. The molecule has 0 radical (unpaired) electrons. The van der Waals surface area contributed by atoms with Gasteiger partial charge in [0.05, 0.1) is 17.8 Å². The van der Waals surface area contributed by atoms with Gasteiger partial charge >= 0.3 is 0 Å². The number of hydrogen-bond donors (Lipinski definition) is 2. The van der Waals surface area contributed by atoms with Crippen LogP contribution in [0.2, 0.25) is 0 Å². The van der Waals surface area contributed by atoms with Crippen molar-refractivity contribution in [3.05, 3.63) is 29.8 Å². The molecule has 7 heteroatoms. The SMILES string of the molecule is C=C(C)C(C)C(=S)Nc1cc(C)c(S(=O)(=O)O)cc1OC. The lowest BCUT2D eigenvalue weighted by Crippen LogP contribution is -2.19. The molecule has 1 aromatic rings. The van der Waals surface area contributed by atoms with Crippen molar-refractivity contribution in [3.8, 4) is 5.75 Å². The van der Waals surface area contributed by atoms with Crippen molar-refractivity contribution in [1.29, 1.82) is 0 Å². The molecule has 1 atom stereocenters. The first kappa shape index (κ1) is 17.6. The van der Waals surface area contributed by atoms with E-state index in [0.717, 1.165) is 5.57 Å². The van der Waals surface area contributed by atoms with Crippen LogP contribution in [-0.2, 0) is 10.1 Å². The van der Waals surface area contributed by atoms with Crippen molar-refractivity contribution >= 4 is 33.0 Å². The first-order valence-electron chi connectivity index (χ1n) is 6.20. The van der Waals surface area contributed by atoms with Gasteiger partial charge in [0.2, 0.25) is 0 Å². The molecule has 5 nitrogen and oxygen atoms in total. The summed E-state index contributed by atoms with van der Waals surface area (Å²) in [4.78, 5) is 0.364. The highest BCUT2D eigenvalue weighted by Gasteiger charge is 2.19. The molecule has 0 heterocycles. The molecule has 2 N–H and O–H groups in total. The third kappa shape index (κ3) is 4.26. The topological polar surface area (TPSA) is 75.6 Å². The van der Waals surface area contributed by atoms with Crippen LogP contribution in [-0.4, -0.2) is 25.1 Å². The Kier molecular flexibility index (Phi) is 5.49. The number of hydrogen-bond acceptors (Lipinski definition) is 4. The van der Waals surface area contributed by atoms with E-state index in [2.05, 4.69) is 11.9 Å². The summed E-state index contributed by atoms with van der Waals surface area (Å²) < 4.78 is 36.9. The van der Waals surface area contributed by atoms with Crippen LogP contribution in [0.3, 0.4) is 0 Å². The van der Waals surface area contributed by atoms with Crippen LogP contribution in [0, 0.1) is 12.8 Å². The van der Waals surface area contributed by atoms with Gasteiger partial charge < -0.3 is 10.1 Å². The smallest absolute Gasteiger partial charge is 0.294 e. The molecule has 0 aliphatic rings. The van der Waals surface area contributed by atoms with E-state index in [1.807, 2.05) is 13.8 Å². The van der Waals surface area contributed by atoms with Crippen LogP contribution in [0.5, 0.6) is 5.75 Å². The Morgan fingerprint density at radius 3 is 2.48 bits per heavy atom. The molecule has 0 saturated carbocycles. The third-order valence-corrected chi connectivity index (χ3v) is 4.62. The molecular weight excluding hydrogens is 310 g/mol. The van der Waals surface area contributed by atoms with E-state index in [-0.39, 0.29) is 16.6 Å². The maximum Gasteiger partial charge on any atom is 0.294 e. The quantitative estimate of drug-likeness (QED) is 0.491. The standard InChI is InChI=1S/C14H19NO4S2/c1-8(2)10(4)14(20)15-11-6-9(3)13(21(16,17)18)7-12(11)19-5/h6-7,10H,1H2,2-5H3,(H,15,20)(H,16,17,18). The molecular formula is C14H19NO4S2. The van der Waals surface area contributed by atoms with E-state index >= 15 is 0 Å². The summed E-state index contributed by atoms with van der Waals surface area (Å²) >= 11 is 5.30. The monoisotopic (exact) mass is 329 g/mol. The maximum atomic E-state index is 11.3. The number of nitrogens with one attached hydrogen (secondary N) is 1. The molecule has 0 spiro atoms. The highest BCUT2D eigenvalue weighted by Crippen LogP contribution is 2.31. The fourth-order valence-electron chi connectivity index (χ4n) is 1.68. The Morgan fingerprint density at radius 1 is 1.48 bits per heavy atom. The number of anilines is 1. The van der Waals surface area contributed by atoms with Crippen molar-refractivity contribution in [2.75, 3.05) is 12.4 Å². The predicted octanol–water partition coefficient (Wildman–Crippen LogP) is 3.20. The van der Waals surface area contributed by atoms with Gasteiger partial charge in [-0.3, -0.25) is 4.55 Å². The molecule has 0 fully saturated rings. The molecule has 0 amide bonds. The van der Waals surface area contributed by atoms with Gasteiger partial charge in [-0.05, 0) is 25.5 Å². The van der Waals surface area contributed by atoms with E-state index in [0.29, 0.717) is 16.2 Å². The normalized spacial score (nSPS) is 12.6. The van der Waals surface area contributed by atoms with Crippen LogP contribution in [0.15, 0.2) is 29.2 Å². The van der Waals surface area contributed by atoms with E-state index < -0.39 is 10.1 Å². The van der Waals surface area contributed by atoms with E-state index in [1.165, 1.54) is 13.2 Å².